The minimum Gasteiger partial charge on any atom is -0.344 e. The maximum absolute atomic E-state index is 13.1. The highest BCUT2D eigenvalue weighted by Crippen LogP contribution is 2.21. The van der Waals surface area contributed by atoms with E-state index in [0.717, 1.165) is 31.5 Å². The van der Waals surface area contributed by atoms with Crippen LogP contribution in [0, 0.1) is 5.92 Å². The molecular weight excluding hydrogens is 364 g/mol. The molecule has 150 valence electrons. The van der Waals surface area contributed by atoms with Crippen LogP contribution in [-0.2, 0) is 0 Å². The molecule has 1 fully saturated rings. The van der Waals surface area contributed by atoms with E-state index in [9.17, 15) is 9.59 Å². The molecule has 1 N–H and O–H groups in total. The zero-order valence-electron chi connectivity index (χ0n) is 16.8. The number of pyridine rings is 1. The molecule has 0 saturated carbocycles. The zero-order chi connectivity index (χ0) is 20.4. The fourth-order valence-electron chi connectivity index (χ4n) is 3.96. The molecule has 6 nitrogen and oxygen atoms in total. The molecular formula is C23H26N4O2. The number of amides is 2. The first-order valence-corrected chi connectivity index (χ1v) is 10.2. The molecule has 3 heterocycles. The first-order chi connectivity index (χ1) is 14.0. The van der Waals surface area contributed by atoms with Crippen molar-refractivity contribution in [3.63, 3.8) is 0 Å². The Morgan fingerprint density at radius 1 is 1.14 bits per heavy atom. The van der Waals surface area contributed by atoms with Crippen molar-refractivity contribution in [2.75, 3.05) is 13.1 Å². The fourth-order valence-corrected chi connectivity index (χ4v) is 3.96. The summed E-state index contributed by atoms with van der Waals surface area (Å²) in [6, 6.07) is 15.1. The molecule has 2 aromatic heterocycles. The number of aromatic nitrogens is 2. The van der Waals surface area contributed by atoms with Gasteiger partial charge in [0.1, 0.15) is 0 Å². The quantitative estimate of drug-likeness (QED) is 0.739. The van der Waals surface area contributed by atoms with Crippen LogP contribution in [0.4, 0.5) is 0 Å². The summed E-state index contributed by atoms with van der Waals surface area (Å²) in [5.74, 6) is 0.379. The summed E-state index contributed by atoms with van der Waals surface area (Å²) in [6.07, 6.45) is 3.93. The van der Waals surface area contributed by atoms with Gasteiger partial charge in [0.2, 0.25) is 5.82 Å². The second kappa shape index (κ2) is 8.07. The molecule has 2 amide bonds. The first kappa shape index (κ1) is 19.2. The Hall–Kier alpha value is -3.15. The second-order valence-electron chi connectivity index (χ2n) is 7.84. The smallest absolute Gasteiger partial charge is 0.290 e. The molecule has 6 heteroatoms. The molecule has 0 aliphatic carbocycles. The number of fused-ring (bicyclic) bond motifs is 1. The maximum Gasteiger partial charge on any atom is 0.290 e. The summed E-state index contributed by atoms with van der Waals surface area (Å²) in [6.45, 7) is 5.56. The molecule has 4 rings (SSSR count). The van der Waals surface area contributed by atoms with E-state index in [1.165, 1.54) is 0 Å². The third kappa shape index (κ3) is 3.88. The summed E-state index contributed by atoms with van der Waals surface area (Å²) in [5.41, 5.74) is 1.93. The van der Waals surface area contributed by atoms with E-state index in [4.69, 9.17) is 0 Å². The van der Waals surface area contributed by atoms with Crippen molar-refractivity contribution in [3.05, 3.63) is 71.8 Å². The summed E-state index contributed by atoms with van der Waals surface area (Å²) in [7, 11) is 0. The number of likely N-dealkylation sites (tertiary alicyclic amines) is 1. The summed E-state index contributed by atoms with van der Waals surface area (Å²) in [5, 5.41) is 3.00. The van der Waals surface area contributed by atoms with Crippen LogP contribution < -0.4 is 5.32 Å². The lowest BCUT2D eigenvalue weighted by Crippen LogP contribution is -2.40. The van der Waals surface area contributed by atoms with Gasteiger partial charge in [-0.2, -0.15) is 0 Å². The van der Waals surface area contributed by atoms with Crippen LogP contribution in [0.2, 0.25) is 0 Å². The lowest BCUT2D eigenvalue weighted by molar-refractivity contribution is 0.0670. The van der Waals surface area contributed by atoms with E-state index < -0.39 is 0 Å². The third-order valence-corrected chi connectivity index (χ3v) is 5.55. The van der Waals surface area contributed by atoms with Crippen LogP contribution in [0.5, 0.6) is 0 Å². The molecule has 1 aliphatic rings. The normalized spacial score (nSPS) is 17.9. The Balaban J connectivity index is 1.63. The van der Waals surface area contributed by atoms with Crippen LogP contribution in [0.1, 0.15) is 59.4 Å². The van der Waals surface area contributed by atoms with Gasteiger partial charge < -0.3 is 10.2 Å². The van der Waals surface area contributed by atoms with Gasteiger partial charge >= 0.3 is 0 Å². The van der Waals surface area contributed by atoms with Crippen LogP contribution in [0.3, 0.4) is 0 Å². The minimum atomic E-state index is -0.281. The highest BCUT2D eigenvalue weighted by atomic mass is 16.2. The van der Waals surface area contributed by atoms with E-state index in [-0.39, 0.29) is 23.6 Å². The van der Waals surface area contributed by atoms with Crippen molar-refractivity contribution >= 4 is 17.3 Å². The number of piperidine rings is 1. The van der Waals surface area contributed by atoms with Gasteiger partial charge in [-0.25, -0.2) is 4.98 Å². The average Bonchev–Trinajstić information content (AvgIpc) is 3.13. The van der Waals surface area contributed by atoms with E-state index in [1.807, 2.05) is 60.4 Å². The minimum absolute atomic E-state index is 0.118. The number of hydrogen-bond donors (Lipinski definition) is 1. The highest BCUT2D eigenvalue weighted by Gasteiger charge is 2.28. The lowest BCUT2D eigenvalue weighted by Gasteiger charge is -2.30. The van der Waals surface area contributed by atoms with Crippen LogP contribution in [0.15, 0.2) is 54.7 Å². The average molecular weight is 390 g/mol. The molecule has 29 heavy (non-hydrogen) atoms. The van der Waals surface area contributed by atoms with E-state index in [0.29, 0.717) is 17.3 Å². The predicted octanol–water partition coefficient (Wildman–Crippen LogP) is 3.70. The van der Waals surface area contributed by atoms with E-state index in [2.05, 4.69) is 17.2 Å². The Kier molecular flexibility index (Phi) is 5.34. The molecule has 1 saturated heterocycles. The van der Waals surface area contributed by atoms with Gasteiger partial charge in [0.25, 0.3) is 11.8 Å². The topological polar surface area (TPSA) is 66.7 Å². The van der Waals surface area contributed by atoms with Crippen molar-refractivity contribution < 1.29 is 9.59 Å². The number of rotatable bonds is 4. The fraction of sp³-hybridized carbons (Fsp3) is 0.348. The van der Waals surface area contributed by atoms with Crippen LogP contribution >= 0.6 is 0 Å². The highest BCUT2D eigenvalue weighted by molar-refractivity contribution is 6.02. The number of carbonyl (C=O) groups is 2. The molecule has 0 radical (unpaired) electrons. The third-order valence-electron chi connectivity index (χ3n) is 5.55. The summed E-state index contributed by atoms with van der Waals surface area (Å²) < 4.78 is 1.73. The Morgan fingerprint density at radius 3 is 2.66 bits per heavy atom. The number of carbonyl (C=O) groups excluding carboxylic acids is 2. The molecule has 3 aromatic rings. The zero-order valence-corrected chi connectivity index (χ0v) is 16.8. The predicted molar refractivity (Wildman–Crippen MR) is 112 cm³/mol. The Labute approximate surface area is 170 Å². The Morgan fingerprint density at radius 2 is 1.90 bits per heavy atom. The van der Waals surface area contributed by atoms with Gasteiger partial charge in [-0.1, -0.05) is 43.3 Å². The second-order valence-corrected chi connectivity index (χ2v) is 7.84. The molecule has 1 aromatic carbocycles. The van der Waals surface area contributed by atoms with Gasteiger partial charge in [0.05, 0.1) is 11.6 Å². The molecule has 0 spiro atoms. The number of hydrogen-bond acceptors (Lipinski definition) is 3. The number of nitrogens with zero attached hydrogens (tertiary/aromatic N) is 3. The number of benzene rings is 1. The monoisotopic (exact) mass is 390 g/mol. The van der Waals surface area contributed by atoms with Crippen LogP contribution in [-0.4, -0.2) is 39.2 Å². The van der Waals surface area contributed by atoms with Gasteiger partial charge in [-0.15, -0.1) is 0 Å². The van der Waals surface area contributed by atoms with Gasteiger partial charge in [0, 0.05) is 19.3 Å². The van der Waals surface area contributed by atoms with Crippen molar-refractivity contribution in [1.29, 1.82) is 0 Å². The van der Waals surface area contributed by atoms with Crippen molar-refractivity contribution in [3.8, 4) is 0 Å². The van der Waals surface area contributed by atoms with E-state index in [1.54, 1.807) is 10.6 Å². The maximum atomic E-state index is 13.1. The summed E-state index contributed by atoms with van der Waals surface area (Å²) >= 11 is 0. The Bertz CT molecular complexity index is 1030. The van der Waals surface area contributed by atoms with Crippen molar-refractivity contribution in [2.24, 2.45) is 5.92 Å². The summed E-state index contributed by atoms with van der Waals surface area (Å²) in [4.78, 5) is 32.5. The molecule has 2 atom stereocenters. The lowest BCUT2D eigenvalue weighted by atomic mass is 10.0. The first-order valence-electron chi connectivity index (χ1n) is 10.2. The van der Waals surface area contributed by atoms with Crippen molar-refractivity contribution in [2.45, 2.75) is 32.7 Å². The standard InChI is InChI=1S/C23H26N4O2/c1-16-9-8-13-26(15-16)23(29)21-25-20(19-12-6-7-14-27(19)21)22(28)24-17(2)18-10-4-3-5-11-18/h3-7,10-12,14,16-17H,8-9,13,15H2,1-2H3,(H,24,28). The van der Waals surface area contributed by atoms with Crippen molar-refractivity contribution in [1.82, 2.24) is 19.6 Å². The van der Waals surface area contributed by atoms with Gasteiger partial charge in [-0.05, 0) is 43.4 Å². The van der Waals surface area contributed by atoms with E-state index >= 15 is 0 Å². The van der Waals surface area contributed by atoms with Gasteiger partial charge in [0.15, 0.2) is 5.69 Å². The largest absolute Gasteiger partial charge is 0.344 e. The van der Waals surface area contributed by atoms with Gasteiger partial charge in [-0.3, -0.25) is 14.0 Å². The molecule has 2 unspecified atom stereocenters. The van der Waals surface area contributed by atoms with Crippen LogP contribution in [0.25, 0.3) is 5.52 Å². The molecule has 1 aliphatic heterocycles. The number of imidazole rings is 1. The molecule has 0 bridgehead atoms. The number of nitrogens with one attached hydrogen (secondary N) is 1. The SMILES string of the molecule is CC1CCCN(C(=O)c2nc(C(=O)NC(C)c3ccccc3)c3ccccn23)C1.